The highest BCUT2D eigenvalue weighted by atomic mass is 127. The van der Waals surface area contributed by atoms with Gasteiger partial charge in [0.05, 0.1) is 5.69 Å². The fourth-order valence-electron chi connectivity index (χ4n) is 0.891. The molecular formula is C8H8FIN2S. The van der Waals surface area contributed by atoms with Crippen molar-refractivity contribution >= 4 is 45.6 Å². The summed E-state index contributed by atoms with van der Waals surface area (Å²) in [5, 5.41) is 2.96. The molecule has 1 aromatic rings. The predicted molar refractivity (Wildman–Crippen MR) is 64.3 cm³/mol. The average molecular weight is 310 g/mol. The SMILES string of the molecule is Cc1c(F)ccc(NC(N)=S)c1I. The van der Waals surface area contributed by atoms with Crippen LogP contribution in [0.2, 0.25) is 0 Å². The Morgan fingerprint density at radius 3 is 2.77 bits per heavy atom. The van der Waals surface area contributed by atoms with E-state index in [4.69, 9.17) is 5.73 Å². The molecule has 0 spiro atoms. The lowest BCUT2D eigenvalue weighted by Crippen LogP contribution is -2.19. The minimum Gasteiger partial charge on any atom is -0.376 e. The molecule has 0 amide bonds. The summed E-state index contributed by atoms with van der Waals surface area (Å²) in [6.07, 6.45) is 0. The van der Waals surface area contributed by atoms with Crippen molar-refractivity contribution in [3.8, 4) is 0 Å². The summed E-state index contributed by atoms with van der Waals surface area (Å²) in [5.74, 6) is -0.224. The maximum Gasteiger partial charge on any atom is 0.168 e. The van der Waals surface area contributed by atoms with Crippen molar-refractivity contribution in [2.75, 3.05) is 5.32 Å². The van der Waals surface area contributed by atoms with Gasteiger partial charge in [-0.3, -0.25) is 0 Å². The molecule has 0 heterocycles. The summed E-state index contributed by atoms with van der Waals surface area (Å²) in [5.41, 5.74) is 6.65. The van der Waals surface area contributed by atoms with E-state index in [1.165, 1.54) is 6.07 Å². The molecule has 0 aliphatic carbocycles. The summed E-state index contributed by atoms with van der Waals surface area (Å²) >= 11 is 6.73. The topological polar surface area (TPSA) is 38.0 Å². The van der Waals surface area contributed by atoms with Crippen molar-refractivity contribution in [3.05, 3.63) is 27.1 Å². The van der Waals surface area contributed by atoms with Crippen LogP contribution in [0.4, 0.5) is 10.1 Å². The predicted octanol–water partition coefficient (Wildman–Crippen LogP) is 2.39. The van der Waals surface area contributed by atoms with Crippen LogP contribution in [0.5, 0.6) is 0 Å². The van der Waals surface area contributed by atoms with Gasteiger partial charge in [-0.1, -0.05) is 0 Å². The Kier molecular flexibility index (Phi) is 3.43. The molecule has 0 radical (unpaired) electrons. The van der Waals surface area contributed by atoms with Gasteiger partial charge in [0, 0.05) is 9.13 Å². The van der Waals surface area contributed by atoms with Crippen molar-refractivity contribution in [1.82, 2.24) is 0 Å². The second-order valence-corrected chi connectivity index (χ2v) is 4.04. The van der Waals surface area contributed by atoms with Crippen LogP contribution in [0.3, 0.4) is 0 Å². The molecule has 1 rings (SSSR count). The Hall–Kier alpha value is -0.430. The largest absolute Gasteiger partial charge is 0.376 e. The molecule has 13 heavy (non-hydrogen) atoms. The highest BCUT2D eigenvalue weighted by Gasteiger charge is 2.06. The number of nitrogens with two attached hydrogens (primary N) is 1. The van der Waals surface area contributed by atoms with Crippen molar-refractivity contribution in [3.63, 3.8) is 0 Å². The second kappa shape index (κ2) is 4.19. The lowest BCUT2D eigenvalue weighted by atomic mass is 10.2. The molecule has 0 bridgehead atoms. The molecule has 0 atom stereocenters. The number of nitrogens with one attached hydrogen (secondary N) is 1. The third kappa shape index (κ3) is 2.50. The number of anilines is 1. The van der Waals surface area contributed by atoms with E-state index >= 15 is 0 Å². The fraction of sp³-hybridized carbons (Fsp3) is 0.125. The molecule has 0 saturated heterocycles. The van der Waals surface area contributed by atoms with Gasteiger partial charge in [0.25, 0.3) is 0 Å². The van der Waals surface area contributed by atoms with Crippen molar-refractivity contribution < 1.29 is 4.39 Å². The van der Waals surface area contributed by atoms with Crippen LogP contribution in [0.25, 0.3) is 0 Å². The van der Waals surface area contributed by atoms with Gasteiger partial charge >= 0.3 is 0 Å². The number of hydrogen-bond donors (Lipinski definition) is 2. The molecule has 1 aromatic carbocycles. The van der Waals surface area contributed by atoms with E-state index in [9.17, 15) is 4.39 Å². The van der Waals surface area contributed by atoms with Gasteiger partial charge in [-0.2, -0.15) is 0 Å². The van der Waals surface area contributed by atoms with Crippen molar-refractivity contribution in [2.24, 2.45) is 5.73 Å². The molecule has 0 saturated carbocycles. The summed E-state index contributed by atoms with van der Waals surface area (Å²) in [7, 11) is 0. The second-order valence-electron chi connectivity index (χ2n) is 2.52. The summed E-state index contributed by atoms with van der Waals surface area (Å²) in [4.78, 5) is 0. The van der Waals surface area contributed by atoms with Gasteiger partial charge in [-0.25, -0.2) is 4.39 Å². The van der Waals surface area contributed by atoms with Gasteiger partial charge in [0.15, 0.2) is 5.11 Å². The maximum absolute atomic E-state index is 13.0. The first-order chi connectivity index (χ1) is 6.02. The number of thiocarbonyl (C=S) groups is 1. The van der Waals surface area contributed by atoms with Crippen LogP contribution in [-0.2, 0) is 0 Å². The van der Waals surface area contributed by atoms with E-state index in [0.29, 0.717) is 5.56 Å². The average Bonchev–Trinajstić information content (AvgIpc) is 2.06. The van der Waals surface area contributed by atoms with E-state index in [1.807, 2.05) is 22.6 Å². The minimum atomic E-state index is -0.224. The van der Waals surface area contributed by atoms with Gasteiger partial charge in [-0.15, -0.1) is 0 Å². The van der Waals surface area contributed by atoms with E-state index in [0.717, 1.165) is 9.26 Å². The van der Waals surface area contributed by atoms with Crippen LogP contribution in [0.1, 0.15) is 5.56 Å². The first-order valence-electron chi connectivity index (χ1n) is 3.53. The van der Waals surface area contributed by atoms with Crippen molar-refractivity contribution in [2.45, 2.75) is 6.92 Å². The Morgan fingerprint density at radius 1 is 1.62 bits per heavy atom. The summed E-state index contributed by atoms with van der Waals surface area (Å²) < 4.78 is 13.8. The summed E-state index contributed by atoms with van der Waals surface area (Å²) in [6.45, 7) is 1.71. The Balaban J connectivity index is 3.10. The summed E-state index contributed by atoms with van der Waals surface area (Å²) in [6, 6.07) is 3.00. The Bertz CT molecular complexity index is 354. The smallest absolute Gasteiger partial charge is 0.168 e. The molecule has 0 unspecified atom stereocenters. The van der Waals surface area contributed by atoms with Gasteiger partial charge in [0.1, 0.15) is 5.82 Å². The molecule has 70 valence electrons. The quantitative estimate of drug-likeness (QED) is 0.618. The highest BCUT2D eigenvalue weighted by Crippen LogP contribution is 2.23. The van der Waals surface area contributed by atoms with Crippen LogP contribution < -0.4 is 11.1 Å². The fourth-order valence-corrected chi connectivity index (χ4v) is 1.57. The molecule has 3 N–H and O–H groups in total. The lowest BCUT2D eigenvalue weighted by Gasteiger charge is -2.08. The zero-order valence-electron chi connectivity index (χ0n) is 6.90. The Labute approximate surface area is 94.8 Å². The zero-order chi connectivity index (χ0) is 10.0. The van der Waals surface area contributed by atoms with E-state index in [2.05, 4.69) is 17.5 Å². The highest BCUT2D eigenvalue weighted by molar-refractivity contribution is 14.1. The molecular weight excluding hydrogens is 302 g/mol. The standard InChI is InChI=1S/C8H8FIN2S/c1-4-5(9)2-3-6(7(4)10)12-8(11)13/h2-3H,1H3,(H3,11,12,13). The van der Waals surface area contributed by atoms with Crippen LogP contribution >= 0.6 is 34.8 Å². The van der Waals surface area contributed by atoms with Gasteiger partial charge in [0.2, 0.25) is 0 Å². The lowest BCUT2D eigenvalue weighted by molar-refractivity contribution is 0.617. The van der Waals surface area contributed by atoms with Crippen LogP contribution in [-0.4, -0.2) is 5.11 Å². The van der Waals surface area contributed by atoms with Gasteiger partial charge in [-0.05, 0) is 53.9 Å². The number of benzene rings is 1. The zero-order valence-corrected chi connectivity index (χ0v) is 9.87. The number of hydrogen-bond acceptors (Lipinski definition) is 1. The molecule has 0 aliphatic heterocycles. The van der Waals surface area contributed by atoms with E-state index in [1.54, 1.807) is 13.0 Å². The number of rotatable bonds is 1. The normalized spacial score (nSPS) is 9.77. The molecule has 5 heteroatoms. The molecule has 0 aromatic heterocycles. The maximum atomic E-state index is 13.0. The minimum absolute atomic E-state index is 0.184. The van der Waals surface area contributed by atoms with E-state index in [-0.39, 0.29) is 10.9 Å². The first kappa shape index (κ1) is 10.6. The molecule has 0 fully saturated rings. The van der Waals surface area contributed by atoms with Gasteiger partial charge < -0.3 is 11.1 Å². The third-order valence-corrected chi connectivity index (χ3v) is 3.07. The molecule has 2 nitrogen and oxygen atoms in total. The monoisotopic (exact) mass is 310 g/mol. The third-order valence-electron chi connectivity index (χ3n) is 1.58. The Morgan fingerprint density at radius 2 is 2.23 bits per heavy atom. The van der Waals surface area contributed by atoms with Crippen LogP contribution in [0.15, 0.2) is 12.1 Å². The van der Waals surface area contributed by atoms with E-state index < -0.39 is 0 Å². The van der Waals surface area contributed by atoms with Crippen LogP contribution in [0, 0.1) is 16.3 Å². The molecule has 0 aliphatic rings. The number of halogens is 2. The van der Waals surface area contributed by atoms with Crippen molar-refractivity contribution in [1.29, 1.82) is 0 Å². The first-order valence-corrected chi connectivity index (χ1v) is 5.02.